The van der Waals surface area contributed by atoms with Crippen LogP contribution in [0.5, 0.6) is 11.5 Å². The van der Waals surface area contributed by atoms with Crippen molar-refractivity contribution in [3.63, 3.8) is 0 Å². The summed E-state index contributed by atoms with van der Waals surface area (Å²) in [6, 6.07) is 1.97. The van der Waals surface area contributed by atoms with Gasteiger partial charge in [0.25, 0.3) is 0 Å². The van der Waals surface area contributed by atoms with Crippen molar-refractivity contribution in [2.24, 2.45) is 5.92 Å². The van der Waals surface area contributed by atoms with Crippen molar-refractivity contribution in [1.29, 1.82) is 0 Å². The van der Waals surface area contributed by atoms with E-state index in [0.717, 1.165) is 36.5 Å². The highest BCUT2D eigenvalue weighted by Crippen LogP contribution is 2.37. The monoisotopic (exact) mass is 418 g/mol. The Morgan fingerprint density at radius 1 is 1.23 bits per heavy atom. The highest BCUT2D eigenvalue weighted by atomic mass is 19.1. The lowest BCUT2D eigenvalue weighted by atomic mass is 9.80. The first-order chi connectivity index (χ1) is 14.3. The van der Waals surface area contributed by atoms with Crippen LogP contribution in [0, 0.1) is 24.5 Å². The number of likely N-dealkylation sites (N-methyl/N-ethyl adjacent to an activating group) is 1. The predicted molar refractivity (Wildman–Crippen MR) is 107 cm³/mol. The summed E-state index contributed by atoms with van der Waals surface area (Å²) in [5, 5.41) is 2.87. The summed E-state index contributed by atoms with van der Waals surface area (Å²) in [7, 11) is 3.06. The molecule has 0 radical (unpaired) electrons. The van der Waals surface area contributed by atoms with Crippen LogP contribution < -0.4 is 19.7 Å². The molecule has 2 aromatic rings. The Morgan fingerprint density at radius 3 is 2.53 bits per heavy atom. The first kappa shape index (κ1) is 20.3. The third-order valence-electron chi connectivity index (χ3n) is 5.80. The van der Waals surface area contributed by atoms with E-state index in [2.05, 4.69) is 20.0 Å². The van der Waals surface area contributed by atoms with Gasteiger partial charge in [0.1, 0.15) is 23.3 Å². The number of anilines is 2. The molecule has 1 aliphatic carbocycles. The number of hydrogen-bond acceptors (Lipinski definition) is 6. The average molecular weight is 418 g/mol. The molecule has 1 aliphatic heterocycles. The van der Waals surface area contributed by atoms with Crippen LogP contribution in [0.15, 0.2) is 12.1 Å². The standard InChI is InChI=1S/C21H24F2N4O3/c1-10-18-20(27(3)11(2)21(28)26-18)25-17(24-10)7-12-5-13(6-12)30-14-8-15(22)19(29-4)16(23)9-14/h8-9,11-13H,5-7H2,1-4H3,(H,26,28)/t11-,12?,13?/m0/s1. The van der Waals surface area contributed by atoms with Gasteiger partial charge in [-0.05, 0) is 32.6 Å². The van der Waals surface area contributed by atoms with Gasteiger partial charge in [0, 0.05) is 25.6 Å². The molecule has 160 valence electrons. The maximum atomic E-state index is 13.8. The lowest BCUT2D eigenvalue weighted by Gasteiger charge is -2.36. The summed E-state index contributed by atoms with van der Waals surface area (Å²) in [6.07, 6.45) is 2.06. The van der Waals surface area contributed by atoms with Gasteiger partial charge in [-0.25, -0.2) is 18.7 Å². The van der Waals surface area contributed by atoms with Gasteiger partial charge >= 0.3 is 0 Å². The average Bonchev–Trinajstić information content (AvgIpc) is 2.65. The van der Waals surface area contributed by atoms with E-state index in [1.165, 1.54) is 7.11 Å². The fraction of sp³-hybridized carbons (Fsp3) is 0.476. The second kappa shape index (κ2) is 7.70. The summed E-state index contributed by atoms with van der Waals surface area (Å²) in [4.78, 5) is 23.1. The maximum Gasteiger partial charge on any atom is 0.246 e. The van der Waals surface area contributed by atoms with Crippen LogP contribution in [0.2, 0.25) is 0 Å². The molecule has 0 bridgehead atoms. The molecular formula is C21H24F2N4O3. The molecule has 2 heterocycles. The molecule has 1 fully saturated rings. The number of rotatable bonds is 5. The zero-order valence-corrected chi connectivity index (χ0v) is 17.3. The van der Waals surface area contributed by atoms with E-state index in [1.807, 2.05) is 25.8 Å². The van der Waals surface area contributed by atoms with Gasteiger partial charge in [0.15, 0.2) is 23.2 Å². The molecule has 4 rings (SSSR count). The minimum Gasteiger partial charge on any atom is -0.491 e. The van der Waals surface area contributed by atoms with Crippen LogP contribution in [0.4, 0.5) is 20.3 Å². The van der Waals surface area contributed by atoms with Gasteiger partial charge in [0.2, 0.25) is 5.91 Å². The molecule has 7 nitrogen and oxygen atoms in total. The van der Waals surface area contributed by atoms with Crippen LogP contribution in [0.25, 0.3) is 0 Å². The molecule has 0 unspecified atom stereocenters. The fourth-order valence-corrected chi connectivity index (χ4v) is 3.88. The zero-order chi connectivity index (χ0) is 21.6. The Kier molecular flexibility index (Phi) is 5.21. The van der Waals surface area contributed by atoms with E-state index in [9.17, 15) is 13.6 Å². The van der Waals surface area contributed by atoms with Crippen LogP contribution in [0.1, 0.15) is 31.3 Å². The molecule has 1 atom stereocenters. The third-order valence-corrected chi connectivity index (χ3v) is 5.80. The van der Waals surface area contributed by atoms with Crippen molar-refractivity contribution in [2.45, 2.75) is 45.3 Å². The molecule has 1 aromatic carbocycles. The van der Waals surface area contributed by atoms with Crippen LogP contribution in [-0.2, 0) is 11.2 Å². The Hall–Kier alpha value is -2.97. The summed E-state index contributed by atoms with van der Waals surface area (Å²) in [5.74, 6) is -0.146. The number of aryl methyl sites for hydroxylation is 1. The minimum atomic E-state index is -0.785. The second-order valence-corrected chi connectivity index (χ2v) is 7.90. The summed E-state index contributed by atoms with van der Waals surface area (Å²) in [5.41, 5.74) is 1.39. The molecule has 9 heteroatoms. The topological polar surface area (TPSA) is 76.6 Å². The quantitative estimate of drug-likeness (QED) is 0.803. The number of carbonyl (C=O) groups is 1. The normalized spacial score (nSPS) is 22.8. The van der Waals surface area contributed by atoms with Gasteiger partial charge < -0.3 is 19.7 Å². The van der Waals surface area contributed by atoms with Crippen molar-refractivity contribution in [3.8, 4) is 11.5 Å². The number of hydrogen-bond donors (Lipinski definition) is 1. The molecule has 1 N–H and O–H groups in total. The zero-order valence-electron chi connectivity index (χ0n) is 17.3. The number of amides is 1. The molecule has 0 saturated heterocycles. The van der Waals surface area contributed by atoms with Crippen LogP contribution in [-0.4, -0.2) is 42.2 Å². The van der Waals surface area contributed by atoms with Gasteiger partial charge in [-0.2, -0.15) is 0 Å². The Bertz CT molecular complexity index is 971. The van der Waals surface area contributed by atoms with Gasteiger partial charge in [-0.15, -0.1) is 0 Å². The van der Waals surface area contributed by atoms with Crippen molar-refractivity contribution in [3.05, 3.63) is 35.3 Å². The number of benzene rings is 1. The molecule has 2 aliphatic rings. The molecule has 0 spiro atoms. The molecule has 1 aromatic heterocycles. The number of fused-ring (bicyclic) bond motifs is 1. The van der Waals surface area contributed by atoms with Crippen molar-refractivity contribution in [1.82, 2.24) is 9.97 Å². The Balaban J connectivity index is 1.39. The highest BCUT2D eigenvalue weighted by Gasteiger charge is 2.34. The second-order valence-electron chi connectivity index (χ2n) is 7.90. The number of carbonyl (C=O) groups excluding carboxylic acids is 1. The van der Waals surface area contributed by atoms with E-state index in [-0.39, 0.29) is 23.8 Å². The number of ether oxygens (including phenoxy) is 2. The molecule has 1 saturated carbocycles. The Labute approximate surface area is 173 Å². The number of methoxy groups -OCH3 is 1. The smallest absolute Gasteiger partial charge is 0.246 e. The Morgan fingerprint density at radius 2 is 1.90 bits per heavy atom. The van der Waals surface area contributed by atoms with Gasteiger partial charge in [-0.1, -0.05) is 0 Å². The largest absolute Gasteiger partial charge is 0.491 e. The van der Waals surface area contributed by atoms with Crippen LogP contribution in [0.3, 0.4) is 0 Å². The number of nitrogens with zero attached hydrogens (tertiary/aromatic N) is 3. The summed E-state index contributed by atoms with van der Waals surface area (Å²) in [6.45, 7) is 3.68. The lowest BCUT2D eigenvalue weighted by molar-refractivity contribution is -0.117. The van der Waals surface area contributed by atoms with Gasteiger partial charge in [0.05, 0.1) is 18.9 Å². The number of aromatic nitrogens is 2. The predicted octanol–water partition coefficient (Wildman–Crippen LogP) is 3.25. The molecule has 30 heavy (non-hydrogen) atoms. The molecule has 1 amide bonds. The number of halogens is 2. The summed E-state index contributed by atoms with van der Waals surface area (Å²) < 4.78 is 38.0. The van der Waals surface area contributed by atoms with E-state index in [4.69, 9.17) is 4.74 Å². The van der Waals surface area contributed by atoms with Crippen molar-refractivity contribution < 1.29 is 23.0 Å². The summed E-state index contributed by atoms with van der Waals surface area (Å²) >= 11 is 0. The van der Waals surface area contributed by atoms with E-state index in [1.54, 1.807) is 0 Å². The number of nitrogens with one attached hydrogen (secondary N) is 1. The van der Waals surface area contributed by atoms with E-state index >= 15 is 0 Å². The fourth-order valence-electron chi connectivity index (χ4n) is 3.88. The van der Waals surface area contributed by atoms with E-state index < -0.39 is 17.4 Å². The first-order valence-corrected chi connectivity index (χ1v) is 9.87. The van der Waals surface area contributed by atoms with Crippen molar-refractivity contribution >= 4 is 17.4 Å². The van der Waals surface area contributed by atoms with Crippen LogP contribution >= 0.6 is 0 Å². The lowest BCUT2D eigenvalue weighted by Crippen LogP contribution is -2.45. The van der Waals surface area contributed by atoms with Crippen molar-refractivity contribution in [2.75, 3.05) is 24.4 Å². The van der Waals surface area contributed by atoms with E-state index in [0.29, 0.717) is 23.9 Å². The van der Waals surface area contributed by atoms with Gasteiger partial charge in [-0.3, -0.25) is 4.79 Å². The minimum absolute atomic E-state index is 0.0742. The highest BCUT2D eigenvalue weighted by molar-refractivity contribution is 6.02. The SMILES string of the molecule is COc1c(F)cc(OC2CC(Cc3nc(C)c4c(n3)N(C)[C@@H](C)C(=O)N4)C2)cc1F. The third kappa shape index (κ3) is 3.64. The maximum absolute atomic E-state index is 13.8. The first-order valence-electron chi connectivity index (χ1n) is 9.87. The molecular weight excluding hydrogens is 394 g/mol.